The molecule has 0 fully saturated rings. The van der Waals surface area contributed by atoms with Gasteiger partial charge in [-0.25, -0.2) is 0 Å². The third-order valence-corrected chi connectivity index (χ3v) is 2.25. The fourth-order valence-electron chi connectivity index (χ4n) is 1.24. The first-order valence-corrected chi connectivity index (χ1v) is 5.28. The van der Waals surface area contributed by atoms with Gasteiger partial charge in [0.25, 0.3) is 0 Å². The summed E-state index contributed by atoms with van der Waals surface area (Å²) >= 11 is 0. The number of likely N-dealkylation sites (N-methyl/N-ethyl adjacent to an activating group) is 1. The molecule has 0 aromatic rings. The van der Waals surface area contributed by atoms with Crippen molar-refractivity contribution in [3.63, 3.8) is 0 Å². The molecule has 0 aromatic heterocycles. The van der Waals surface area contributed by atoms with E-state index in [1.807, 2.05) is 39.6 Å². The molecule has 1 N–H and O–H groups in total. The van der Waals surface area contributed by atoms with Crippen LogP contribution in [0.15, 0.2) is 0 Å². The van der Waals surface area contributed by atoms with Gasteiger partial charge in [0.1, 0.15) is 0 Å². The quantitative estimate of drug-likeness (QED) is 0.738. The van der Waals surface area contributed by atoms with Crippen molar-refractivity contribution in [2.75, 3.05) is 13.6 Å². The van der Waals surface area contributed by atoms with Crippen LogP contribution in [0.2, 0.25) is 0 Å². The summed E-state index contributed by atoms with van der Waals surface area (Å²) in [6, 6.07) is 2.12. The van der Waals surface area contributed by atoms with Gasteiger partial charge >= 0.3 is 0 Å². The largest absolute Gasteiger partial charge is 0.353 e. The van der Waals surface area contributed by atoms with Crippen molar-refractivity contribution in [3.8, 4) is 6.07 Å². The van der Waals surface area contributed by atoms with Crippen LogP contribution in [-0.2, 0) is 4.79 Å². The van der Waals surface area contributed by atoms with Crippen LogP contribution in [-0.4, -0.2) is 36.5 Å². The zero-order chi connectivity index (χ0) is 12.0. The van der Waals surface area contributed by atoms with Crippen LogP contribution in [0.4, 0.5) is 0 Å². The summed E-state index contributed by atoms with van der Waals surface area (Å²) in [5.41, 5.74) is 0. The second kappa shape index (κ2) is 6.41. The summed E-state index contributed by atoms with van der Waals surface area (Å²) in [6.07, 6.45) is 0. The van der Waals surface area contributed by atoms with Crippen molar-refractivity contribution in [2.45, 2.75) is 39.8 Å². The third-order valence-electron chi connectivity index (χ3n) is 2.25. The Labute approximate surface area is 92.3 Å². The number of nitrogens with one attached hydrogen (secondary N) is 1. The van der Waals surface area contributed by atoms with E-state index in [9.17, 15) is 4.79 Å². The van der Waals surface area contributed by atoms with Gasteiger partial charge in [-0.15, -0.1) is 0 Å². The van der Waals surface area contributed by atoms with Crippen molar-refractivity contribution in [3.05, 3.63) is 0 Å². The molecule has 0 spiro atoms. The van der Waals surface area contributed by atoms with E-state index in [1.54, 1.807) is 0 Å². The number of amides is 1. The minimum Gasteiger partial charge on any atom is -0.353 e. The van der Waals surface area contributed by atoms with Crippen molar-refractivity contribution >= 4 is 5.91 Å². The second-order valence-electron chi connectivity index (χ2n) is 4.31. The molecule has 0 aliphatic carbocycles. The predicted molar refractivity (Wildman–Crippen MR) is 60.1 cm³/mol. The molecule has 4 heteroatoms. The molecule has 1 amide bonds. The van der Waals surface area contributed by atoms with Gasteiger partial charge in [0.05, 0.1) is 18.0 Å². The highest BCUT2D eigenvalue weighted by molar-refractivity contribution is 5.81. The minimum atomic E-state index is -0.191. The number of carbonyl (C=O) groups is 1. The number of carbonyl (C=O) groups excluding carboxylic acids is 1. The van der Waals surface area contributed by atoms with Crippen LogP contribution in [0.5, 0.6) is 0 Å². The van der Waals surface area contributed by atoms with E-state index in [-0.39, 0.29) is 23.9 Å². The fourth-order valence-corrected chi connectivity index (χ4v) is 1.24. The van der Waals surface area contributed by atoms with E-state index in [1.165, 1.54) is 0 Å². The molecular weight excluding hydrogens is 190 g/mol. The molecule has 0 rings (SSSR count). The Hall–Kier alpha value is -1.08. The normalized spacial score (nSPS) is 14.8. The predicted octanol–water partition coefficient (Wildman–Crippen LogP) is 0.991. The average molecular weight is 211 g/mol. The summed E-state index contributed by atoms with van der Waals surface area (Å²) in [5, 5.41) is 11.5. The van der Waals surface area contributed by atoms with Crippen LogP contribution in [0, 0.1) is 17.2 Å². The van der Waals surface area contributed by atoms with Gasteiger partial charge in [-0.05, 0) is 34.7 Å². The Balaban J connectivity index is 4.14. The van der Waals surface area contributed by atoms with E-state index in [2.05, 4.69) is 11.4 Å². The van der Waals surface area contributed by atoms with Crippen molar-refractivity contribution < 1.29 is 4.79 Å². The molecule has 0 aromatic carbocycles. The Morgan fingerprint density at radius 3 is 2.33 bits per heavy atom. The molecule has 0 aliphatic rings. The zero-order valence-electron chi connectivity index (χ0n) is 10.2. The standard InChI is InChI=1S/C11H21N3O/c1-8(2)13-11(15)10(4)14(5)7-9(3)6-12/h8-10H,7H2,1-5H3,(H,13,15). The highest BCUT2D eigenvalue weighted by Gasteiger charge is 2.19. The lowest BCUT2D eigenvalue weighted by Gasteiger charge is -2.25. The lowest BCUT2D eigenvalue weighted by Crippen LogP contribution is -2.46. The third kappa shape index (κ3) is 5.38. The van der Waals surface area contributed by atoms with Crippen LogP contribution >= 0.6 is 0 Å². The Kier molecular flexibility index (Phi) is 5.95. The summed E-state index contributed by atoms with van der Waals surface area (Å²) < 4.78 is 0. The van der Waals surface area contributed by atoms with Crippen LogP contribution in [0.3, 0.4) is 0 Å². The molecule has 0 saturated heterocycles. The molecule has 0 bridgehead atoms. The number of hydrogen-bond donors (Lipinski definition) is 1. The van der Waals surface area contributed by atoms with E-state index < -0.39 is 0 Å². The number of nitriles is 1. The summed E-state index contributed by atoms with van der Waals surface area (Å²) in [4.78, 5) is 13.5. The zero-order valence-corrected chi connectivity index (χ0v) is 10.2. The summed E-state index contributed by atoms with van der Waals surface area (Å²) in [7, 11) is 1.86. The smallest absolute Gasteiger partial charge is 0.237 e. The Morgan fingerprint density at radius 1 is 1.40 bits per heavy atom. The van der Waals surface area contributed by atoms with Gasteiger partial charge in [0.15, 0.2) is 0 Å². The van der Waals surface area contributed by atoms with Crippen LogP contribution in [0.25, 0.3) is 0 Å². The minimum absolute atomic E-state index is 0.0117. The second-order valence-corrected chi connectivity index (χ2v) is 4.31. The Morgan fingerprint density at radius 2 is 1.93 bits per heavy atom. The van der Waals surface area contributed by atoms with Gasteiger partial charge in [0, 0.05) is 12.6 Å². The molecule has 2 unspecified atom stereocenters. The molecule has 4 nitrogen and oxygen atoms in total. The summed E-state index contributed by atoms with van der Waals surface area (Å²) in [6.45, 7) is 8.18. The van der Waals surface area contributed by atoms with Gasteiger partial charge < -0.3 is 5.32 Å². The van der Waals surface area contributed by atoms with Crippen LogP contribution < -0.4 is 5.32 Å². The monoisotopic (exact) mass is 211 g/mol. The van der Waals surface area contributed by atoms with E-state index in [4.69, 9.17) is 5.26 Å². The molecule has 0 saturated carbocycles. The van der Waals surface area contributed by atoms with Crippen LogP contribution in [0.1, 0.15) is 27.7 Å². The van der Waals surface area contributed by atoms with Crippen molar-refractivity contribution in [1.82, 2.24) is 10.2 Å². The maximum Gasteiger partial charge on any atom is 0.237 e. The highest BCUT2D eigenvalue weighted by atomic mass is 16.2. The molecule has 0 radical (unpaired) electrons. The molecule has 2 atom stereocenters. The lowest BCUT2D eigenvalue weighted by atomic mass is 10.1. The average Bonchev–Trinajstić information content (AvgIpc) is 2.15. The van der Waals surface area contributed by atoms with E-state index in [0.717, 1.165) is 0 Å². The maximum absolute atomic E-state index is 11.6. The molecular formula is C11H21N3O. The van der Waals surface area contributed by atoms with Gasteiger partial charge in [0.2, 0.25) is 5.91 Å². The van der Waals surface area contributed by atoms with Gasteiger partial charge in [-0.3, -0.25) is 9.69 Å². The summed E-state index contributed by atoms with van der Waals surface area (Å²) in [5.74, 6) is -0.0399. The number of nitrogens with zero attached hydrogens (tertiary/aromatic N) is 2. The first-order chi connectivity index (χ1) is 6.88. The molecule has 0 heterocycles. The number of hydrogen-bond acceptors (Lipinski definition) is 3. The maximum atomic E-state index is 11.6. The van der Waals surface area contributed by atoms with Gasteiger partial charge in [-0.1, -0.05) is 0 Å². The first-order valence-electron chi connectivity index (χ1n) is 5.28. The fraction of sp³-hybridized carbons (Fsp3) is 0.818. The molecule has 0 aliphatic heterocycles. The molecule has 15 heavy (non-hydrogen) atoms. The van der Waals surface area contributed by atoms with Crippen molar-refractivity contribution in [1.29, 1.82) is 5.26 Å². The SMILES string of the molecule is CC(C#N)CN(C)C(C)C(=O)NC(C)C. The van der Waals surface area contributed by atoms with Crippen molar-refractivity contribution in [2.24, 2.45) is 5.92 Å². The highest BCUT2D eigenvalue weighted by Crippen LogP contribution is 2.01. The number of rotatable bonds is 5. The molecule has 86 valence electrons. The topological polar surface area (TPSA) is 56.1 Å². The lowest BCUT2D eigenvalue weighted by molar-refractivity contribution is -0.126. The van der Waals surface area contributed by atoms with E-state index >= 15 is 0 Å². The van der Waals surface area contributed by atoms with Gasteiger partial charge in [-0.2, -0.15) is 5.26 Å². The Bertz CT molecular complexity index is 245. The van der Waals surface area contributed by atoms with E-state index in [0.29, 0.717) is 6.54 Å². The first kappa shape index (κ1) is 13.9.